The van der Waals surface area contributed by atoms with Crippen molar-refractivity contribution in [2.45, 2.75) is 19.3 Å². The van der Waals surface area contributed by atoms with Crippen molar-refractivity contribution < 1.29 is 13.6 Å². The van der Waals surface area contributed by atoms with Crippen LogP contribution in [0.25, 0.3) is 10.2 Å². The predicted octanol–water partition coefficient (Wildman–Crippen LogP) is 4.15. The molecule has 1 N–H and O–H groups in total. The minimum absolute atomic E-state index is 0.0407. The lowest BCUT2D eigenvalue weighted by molar-refractivity contribution is -0.125. The van der Waals surface area contributed by atoms with E-state index in [-0.39, 0.29) is 23.5 Å². The number of benzene rings is 2. The lowest BCUT2D eigenvalue weighted by Gasteiger charge is -2.31. The number of thiazole rings is 1. The zero-order chi connectivity index (χ0) is 19.5. The highest BCUT2D eigenvalue weighted by molar-refractivity contribution is 7.22. The van der Waals surface area contributed by atoms with Gasteiger partial charge in [0, 0.05) is 19.6 Å². The van der Waals surface area contributed by atoms with Crippen molar-refractivity contribution >= 4 is 32.6 Å². The molecule has 1 aliphatic rings. The molecule has 1 fully saturated rings. The van der Waals surface area contributed by atoms with E-state index in [4.69, 9.17) is 0 Å². The van der Waals surface area contributed by atoms with Gasteiger partial charge in [-0.25, -0.2) is 13.8 Å². The second-order valence-electron chi connectivity index (χ2n) is 7.06. The number of hydrogen-bond donors (Lipinski definition) is 1. The summed E-state index contributed by atoms with van der Waals surface area (Å²) in [6.45, 7) is 1.99. The Morgan fingerprint density at radius 1 is 1.18 bits per heavy atom. The first-order chi connectivity index (χ1) is 13.6. The summed E-state index contributed by atoms with van der Waals surface area (Å²) in [6.07, 6.45) is 2.44. The van der Waals surface area contributed by atoms with Crippen molar-refractivity contribution in [3.63, 3.8) is 0 Å². The number of hydrogen-bond acceptors (Lipinski definition) is 4. The molecule has 4 rings (SSSR count). The van der Waals surface area contributed by atoms with Crippen LogP contribution in [-0.2, 0) is 11.2 Å². The molecular formula is C21H21F2N3OS. The van der Waals surface area contributed by atoms with Gasteiger partial charge < -0.3 is 10.2 Å². The zero-order valence-electron chi connectivity index (χ0n) is 15.3. The van der Waals surface area contributed by atoms with Gasteiger partial charge in [0.25, 0.3) is 0 Å². The number of carbonyl (C=O) groups excluding carboxylic acids is 1. The van der Waals surface area contributed by atoms with Crippen molar-refractivity contribution in [3.8, 4) is 0 Å². The minimum atomic E-state index is -0.264. The summed E-state index contributed by atoms with van der Waals surface area (Å²) < 4.78 is 27.2. The molecule has 1 saturated heterocycles. The van der Waals surface area contributed by atoms with Gasteiger partial charge in [-0.2, -0.15) is 0 Å². The Labute approximate surface area is 166 Å². The Balaban J connectivity index is 1.34. The Hall–Kier alpha value is -2.54. The molecule has 146 valence electrons. The molecule has 1 atom stereocenters. The Kier molecular flexibility index (Phi) is 5.52. The number of nitrogens with zero attached hydrogens (tertiary/aromatic N) is 2. The molecule has 0 aliphatic carbocycles. The number of piperidine rings is 1. The van der Waals surface area contributed by atoms with E-state index in [1.54, 1.807) is 18.2 Å². The van der Waals surface area contributed by atoms with E-state index in [1.165, 1.54) is 35.6 Å². The Morgan fingerprint density at radius 2 is 1.96 bits per heavy atom. The van der Waals surface area contributed by atoms with Gasteiger partial charge in [-0.1, -0.05) is 23.5 Å². The lowest BCUT2D eigenvalue weighted by Crippen LogP contribution is -2.43. The van der Waals surface area contributed by atoms with Crippen molar-refractivity contribution in [1.82, 2.24) is 10.3 Å². The molecule has 3 aromatic rings. The van der Waals surface area contributed by atoms with Crippen LogP contribution >= 0.6 is 11.3 Å². The Bertz CT molecular complexity index is 973. The fraction of sp³-hybridized carbons (Fsp3) is 0.333. The van der Waals surface area contributed by atoms with Crippen LogP contribution in [0.15, 0.2) is 42.5 Å². The predicted molar refractivity (Wildman–Crippen MR) is 108 cm³/mol. The summed E-state index contributed by atoms with van der Waals surface area (Å²) in [7, 11) is 0. The summed E-state index contributed by atoms with van der Waals surface area (Å²) in [6, 6.07) is 10.9. The largest absolute Gasteiger partial charge is 0.355 e. The van der Waals surface area contributed by atoms with Crippen LogP contribution in [-0.4, -0.2) is 30.5 Å². The molecule has 4 nitrogen and oxygen atoms in total. The number of aromatic nitrogens is 1. The topological polar surface area (TPSA) is 45.2 Å². The third-order valence-corrected chi connectivity index (χ3v) is 6.11. The third-order valence-electron chi connectivity index (χ3n) is 5.03. The number of anilines is 1. The third kappa shape index (κ3) is 4.30. The highest BCUT2D eigenvalue weighted by atomic mass is 32.1. The summed E-state index contributed by atoms with van der Waals surface area (Å²) in [5, 5.41) is 3.83. The molecule has 1 aromatic heterocycles. The monoisotopic (exact) mass is 401 g/mol. The van der Waals surface area contributed by atoms with Crippen molar-refractivity contribution in [2.24, 2.45) is 5.92 Å². The maximum Gasteiger partial charge on any atom is 0.224 e. The highest BCUT2D eigenvalue weighted by Crippen LogP contribution is 2.32. The van der Waals surface area contributed by atoms with E-state index in [0.717, 1.165) is 40.3 Å². The fourth-order valence-corrected chi connectivity index (χ4v) is 4.54. The van der Waals surface area contributed by atoms with Crippen LogP contribution in [0.4, 0.5) is 13.9 Å². The van der Waals surface area contributed by atoms with Crippen LogP contribution in [0.1, 0.15) is 18.4 Å². The minimum Gasteiger partial charge on any atom is -0.355 e. The van der Waals surface area contributed by atoms with Gasteiger partial charge in [-0.3, -0.25) is 4.79 Å². The molecule has 0 bridgehead atoms. The molecule has 0 spiro atoms. The second kappa shape index (κ2) is 8.22. The first-order valence-corrected chi connectivity index (χ1v) is 10.2. The first kappa shape index (κ1) is 18.8. The maximum atomic E-state index is 13.4. The zero-order valence-corrected chi connectivity index (χ0v) is 16.1. The van der Waals surface area contributed by atoms with Crippen LogP contribution in [0.5, 0.6) is 0 Å². The number of rotatable bonds is 5. The van der Waals surface area contributed by atoms with Gasteiger partial charge in [0.1, 0.15) is 11.6 Å². The van der Waals surface area contributed by atoms with Gasteiger partial charge in [0.05, 0.1) is 16.1 Å². The van der Waals surface area contributed by atoms with Crippen LogP contribution in [0.2, 0.25) is 0 Å². The lowest BCUT2D eigenvalue weighted by atomic mass is 9.97. The van der Waals surface area contributed by atoms with Gasteiger partial charge in [-0.05, 0) is 55.2 Å². The molecule has 1 unspecified atom stereocenters. The maximum absolute atomic E-state index is 13.4. The first-order valence-electron chi connectivity index (χ1n) is 9.42. The quantitative estimate of drug-likeness (QED) is 0.699. The van der Waals surface area contributed by atoms with Gasteiger partial charge in [-0.15, -0.1) is 0 Å². The van der Waals surface area contributed by atoms with Gasteiger partial charge >= 0.3 is 0 Å². The fourth-order valence-electron chi connectivity index (χ4n) is 3.51. The molecule has 2 heterocycles. The van der Waals surface area contributed by atoms with E-state index in [2.05, 4.69) is 15.2 Å². The second-order valence-corrected chi connectivity index (χ2v) is 8.07. The normalized spacial score (nSPS) is 17.1. The average molecular weight is 401 g/mol. The summed E-state index contributed by atoms with van der Waals surface area (Å²) in [5.74, 6) is -0.572. The smallest absolute Gasteiger partial charge is 0.224 e. The molecule has 1 amide bonds. The average Bonchev–Trinajstić information content (AvgIpc) is 3.13. The van der Waals surface area contributed by atoms with E-state index in [0.29, 0.717) is 19.5 Å². The van der Waals surface area contributed by atoms with Gasteiger partial charge in [0.15, 0.2) is 5.13 Å². The number of nitrogens with one attached hydrogen (secondary N) is 1. The van der Waals surface area contributed by atoms with Gasteiger partial charge in [0.2, 0.25) is 5.91 Å². The number of amides is 1. The molecule has 28 heavy (non-hydrogen) atoms. The van der Waals surface area contributed by atoms with Crippen LogP contribution in [0, 0.1) is 17.6 Å². The molecule has 2 aromatic carbocycles. The number of fused-ring (bicyclic) bond motifs is 1. The summed E-state index contributed by atoms with van der Waals surface area (Å²) >= 11 is 1.46. The van der Waals surface area contributed by atoms with Crippen molar-refractivity contribution in [3.05, 3.63) is 59.7 Å². The summed E-state index contributed by atoms with van der Waals surface area (Å²) in [5.41, 5.74) is 1.78. The Morgan fingerprint density at radius 3 is 2.79 bits per heavy atom. The molecule has 0 radical (unpaired) electrons. The summed E-state index contributed by atoms with van der Waals surface area (Å²) in [4.78, 5) is 19.3. The van der Waals surface area contributed by atoms with Crippen LogP contribution in [0.3, 0.4) is 0 Å². The number of carbonyl (C=O) groups is 1. The standard InChI is InChI=1S/C21H21F2N3OS/c22-16-5-3-14(4-6-16)9-10-24-20(27)15-2-1-11-26(13-15)21-25-18-8-7-17(23)12-19(18)28-21/h3-8,12,15H,1-2,9-11,13H2,(H,24,27). The van der Waals surface area contributed by atoms with Crippen LogP contribution < -0.4 is 10.2 Å². The van der Waals surface area contributed by atoms with Crippen molar-refractivity contribution in [1.29, 1.82) is 0 Å². The number of halogens is 2. The molecular weight excluding hydrogens is 380 g/mol. The van der Waals surface area contributed by atoms with E-state index < -0.39 is 0 Å². The highest BCUT2D eigenvalue weighted by Gasteiger charge is 2.27. The van der Waals surface area contributed by atoms with Crippen molar-refractivity contribution in [2.75, 3.05) is 24.5 Å². The molecule has 0 saturated carbocycles. The SMILES string of the molecule is O=C(NCCc1ccc(F)cc1)C1CCCN(c2nc3ccc(F)cc3s2)C1. The van der Waals surface area contributed by atoms with E-state index in [1.807, 2.05) is 0 Å². The van der Waals surface area contributed by atoms with E-state index >= 15 is 0 Å². The molecule has 7 heteroatoms. The molecule has 1 aliphatic heterocycles. The van der Waals surface area contributed by atoms with E-state index in [9.17, 15) is 13.6 Å².